The van der Waals surface area contributed by atoms with Crippen molar-refractivity contribution in [3.05, 3.63) is 11.8 Å². The number of hydrogen-bond acceptors (Lipinski definition) is 10. The quantitative estimate of drug-likeness (QED) is 0.429. The fourth-order valence-corrected chi connectivity index (χ4v) is 10.2. The Kier molecular flexibility index (Phi) is 6.21. The number of aliphatic hydroxyl groups is 3. The highest BCUT2D eigenvalue weighted by Crippen LogP contribution is 2.72. The van der Waals surface area contributed by atoms with Crippen LogP contribution in [0.25, 0.3) is 0 Å². The summed E-state index contributed by atoms with van der Waals surface area (Å²) in [7, 11) is 1.58. The van der Waals surface area contributed by atoms with Crippen LogP contribution in [0.5, 0.6) is 0 Å². The molecule has 40 heavy (non-hydrogen) atoms. The van der Waals surface area contributed by atoms with Gasteiger partial charge in [-0.1, -0.05) is 6.92 Å². The molecule has 15 unspecified atom stereocenters. The second-order valence-electron chi connectivity index (χ2n) is 13.9. The predicted octanol–water partition coefficient (Wildman–Crippen LogP) is 1.28. The molecule has 7 aliphatic rings. The van der Waals surface area contributed by atoms with E-state index >= 15 is 0 Å². The van der Waals surface area contributed by atoms with Crippen molar-refractivity contribution >= 4 is 11.6 Å². The third-order valence-corrected chi connectivity index (χ3v) is 12.3. The lowest BCUT2D eigenvalue weighted by molar-refractivity contribution is -0.275. The molecule has 0 bridgehead atoms. The zero-order chi connectivity index (χ0) is 28.4. The molecule has 6 fully saturated rings. The van der Waals surface area contributed by atoms with Crippen molar-refractivity contribution in [2.24, 2.45) is 34.5 Å². The van der Waals surface area contributed by atoms with Gasteiger partial charge in [0, 0.05) is 37.4 Å². The molecule has 3 heterocycles. The fraction of sp³-hybridized carbons (Fsp3) is 0.867. The van der Waals surface area contributed by atoms with Crippen molar-refractivity contribution in [3.8, 4) is 0 Å². The predicted molar refractivity (Wildman–Crippen MR) is 138 cm³/mol. The summed E-state index contributed by atoms with van der Waals surface area (Å²) in [5.74, 6) is -1.31. The van der Waals surface area contributed by atoms with Crippen LogP contribution in [0.4, 0.5) is 0 Å². The van der Waals surface area contributed by atoms with E-state index in [4.69, 9.17) is 23.7 Å². The van der Waals surface area contributed by atoms with Crippen molar-refractivity contribution in [1.82, 2.24) is 0 Å². The molecule has 4 saturated carbocycles. The van der Waals surface area contributed by atoms with Crippen LogP contribution in [-0.4, -0.2) is 95.2 Å². The van der Waals surface area contributed by atoms with Crippen LogP contribution >= 0.6 is 0 Å². The largest absolute Gasteiger partial charge is 0.489 e. The van der Waals surface area contributed by atoms with Crippen LogP contribution in [0.15, 0.2) is 11.8 Å². The first kappa shape index (κ1) is 27.4. The van der Waals surface area contributed by atoms with Gasteiger partial charge in [-0.05, 0) is 57.3 Å². The first-order valence-corrected chi connectivity index (χ1v) is 14.9. The molecular weight excluding hydrogens is 520 g/mol. The normalized spacial score (nSPS) is 56.9. The van der Waals surface area contributed by atoms with E-state index in [1.54, 1.807) is 14.0 Å². The molecule has 10 nitrogen and oxygen atoms in total. The maximum Gasteiger partial charge on any atom is 0.196 e. The fourth-order valence-electron chi connectivity index (χ4n) is 10.2. The number of rotatable bonds is 4. The van der Waals surface area contributed by atoms with Crippen LogP contribution in [0.2, 0.25) is 0 Å². The Bertz CT molecular complexity index is 1120. The van der Waals surface area contributed by atoms with Gasteiger partial charge in [0.05, 0.1) is 35.9 Å². The Labute approximate surface area is 234 Å². The van der Waals surface area contributed by atoms with Gasteiger partial charge in [-0.2, -0.15) is 0 Å². The Morgan fingerprint density at radius 2 is 1.82 bits per heavy atom. The van der Waals surface area contributed by atoms with E-state index in [-0.39, 0.29) is 53.7 Å². The summed E-state index contributed by atoms with van der Waals surface area (Å²) < 4.78 is 30.1. The Morgan fingerprint density at radius 1 is 1.05 bits per heavy atom. The molecule has 4 aliphatic carbocycles. The molecular formula is C30H42O10. The minimum atomic E-state index is -1.44. The maximum absolute atomic E-state index is 14.2. The Hall–Kier alpha value is -1.40. The minimum Gasteiger partial charge on any atom is -0.489 e. The smallest absolute Gasteiger partial charge is 0.196 e. The van der Waals surface area contributed by atoms with Gasteiger partial charge < -0.3 is 39.0 Å². The molecule has 2 saturated heterocycles. The number of methoxy groups -OCH3 is 1. The zero-order valence-electron chi connectivity index (χ0n) is 23.7. The molecule has 0 aromatic carbocycles. The lowest BCUT2D eigenvalue weighted by Gasteiger charge is -2.63. The van der Waals surface area contributed by atoms with Crippen molar-refractivity contribution in [2.75, 3.05) is 13.7 Å². The van der Waals surface area contributed by atoms with Crippen molar-refractivity contribution in [1.29, 1.82) is 0 Å². The molecule has 0 aromatic heterocycles. The summed E-state index contributed by atoms with van der Waals surface area (Å²) in [4.78, 5) is 26.1. The molecule has 15 atom stereocenters. The second kappa shape index (κ2) is 9.05. The average molecular weight is 563 g/mol. The number of ketones is 2. The number of ether oxygens (including phenoxy) is 5. The highest BCUT2D eigenvalue weighted by Gasteiger charge is 2.82. The van der Waals surface area contributed by atoms with Crippen molar-refractivity contribution in [2.45, 2.75) is 114 Å². The molecule has 10 heteroatoms. The molecule has 0 amide bonds. The molecule has 3 N–H and O–H groups in total. The Balaban J connectivity index is 1.15. The monoisotopic (exact) mass is 562 g/mol. The minimum absolute atomic E-state index is 0.0577. The Morgan fingerprint density at radius 3 is 2.52 bits per heavy atom. The molecule has 0 radical (unpaired) electrons. The van der Waals surface area contributed by atoms with Crippen LogP contribution in [0.3, 0.4) is 0 Å². The van der Waals surface area contributed by atoms with Crippen molar-refractivity contribution in [3.63, 3.8) is 0 Å². The first-order chi connectivity index (χ1) is 18.9. The van der Waals surface area contributed by atoms with Gasteiger partial charge in [0.1, 0.15) is 23.6 Å². The van der Waals surface area contributed by atoms with Gasteiger partial charge in [-0.25, -0.2) is 0 Å². The molecule has 0 aromatic rings. The third kappa shape index (κ3) is 3.41. The molecule has 0 spiro atoms. The van der Waals surface area contributed by atoms with Gasteiger partial charge in [0.2, 0.25) is 0 Å². The number of allylic oxidation sites excluding steroid dienone is 1. The average Bonchev–Trinajstić information content (AvgIpc) is 3.53. The van der Waals surface area contributed by atoms with Gasteiger partial charge in [-0.3, -0.25) is 9.59 Å². The summed E-state index contributed by atoms with van der Waals surface area (Å²) in [5, 5.41) is 34.6. The van der Waals surface area contributed by atoms with E-state index in [2.05, 4.69) is 6.92 Å². The van der Waals surface area contributed by atoms with Gasteiger partial charge in [-0.15, -0.1) is 0 Å². The maximum atomic E-state index is 14.2. The van der Waals surface area contributed by atoms with E-state index in [1.165, 1.54) is 6.08 Å². The van der Waals surface area contributed by atoms with Crippen LogP contribution < -0.4 is 0 Å². The topological polar surface area (TPSA) is 141 Å². The van der Waals surface area contributed by atoms with Gasteiger partial charge >= 0.3 is 0 Å². The number of fused-ring (bicyclic) bond motifs is 2. The number of hydrogen-bond donors (Lipinski definition) is 3. The summed E-state index contributed by atoms with van der Waals surface area (Å²) in [6.07, 6.45) is 1.11. The summed E-state index contributed by atoms with van der Waals surface area (Å²) >= 11 is 0. The van der Waals surface area contributed by atoms with Crippen molar-refractivity contribution < 1.29 is 48.6 Å². The molecule has 3 aliphatic heterocycles. The second-order valence-corrected chi connectivity index (χ2v) is 13.9. The highest BCUT2D eigenvalue weighted by molar-refractivity contribution is 5.95. The van der Waals surface area contributed by atoms with Gasteiger partial charge in [0.25, 0.3) is 0 Å². The van der Waals surface area contributed by atoms with E-state index in [9.17, 15) is 24.9 Å². The number of Topliss-reactive ketones (excluding diaryl/α,β-unsaturated/α-hetero) is 1. The summed E-state index contributed by atoms with van der Waals surface area (Å²) in [6, 6.07) is 0. The number of carbonyl (C=O) groups excluding carboxylic acids is 2. The van der Waals surface area contributed by atoms with E-state index < -0.39 is 53.6 Å². The molecule has 7 rings (SSSR count). The van der Waals surface area contributed by atoms with Gasteiger partial charge in [0.15, 0.2) is 24.5 Å². The standard InChI is InChI=1S/C30H42O10/c1-13-25(32)20(36-4)11-22(38-13)39-16-5-6-28(2)14(7-16)8-19-23-24(28)26(33)27(34)29(3)17(18-9-15(31)12-37-18)10-21(40-19)30(23,29)35/h9,13-14,16-17,19-26,32-33,35H,5-8,10-12H2,1-4H3. The molecule has 222 valence electrons. The van der Waals surface area contributed by atoms with E-state index in [0.717, 1.165) is 25.7 Å². The first-order valence-electron chi connectivity index (χ1n) is 14.9. The van der Waals surface area contributed by atoms with Crippen LogP contribution in [0.1, 0.15) is 59.3 Å². The summed E-state index contributed by atoms with van der Waals surface area (Å²) in [6.45, 7) is 5.66. The lowest BCUT2D eigenvalue weighted by atomic mass is 9.42. The van der Waals surface area contributed by atoms with E-state index in [0.29, 0.717) is 18.6 Å². The van der Waals surface area contributed by atoms with Crippen LogP contribution in [0, 0.1) is 34.5 Å². The number of carbonyl (C=O) groups is 2. The SMILES string of the molecule is COC1CC(OC2CCC3(C)C(C2)CC2OC4CC(C5=CC(=O)CO5)C5(C)C(=O)C(O)C3C2C45O)OC(C)C1O. The zero-order valence-corrected chi connectivity index (χ0v) is 23.7. The lowest BCUT2D eigenvalue weighted by Crippen LogP contribution is -2.72. The number of aliphatic hydroxyl groups excluding tert-OH is 2. The third-order valence-electron chi connectivity index (χ3n) is 12.3. The van der Waals surface area contributed by atoms with E-state index in [1.807, 2.05) is 6.92 Å². The summed E-state index contributed by atoms with van der Waals surface area (Å²) in [5.41, 5.74) is -3.12. The van der Waals surface area contributed by atoms with Crippen LogP contribution in [-0.2, 0) is 33.3 Å². The highest BCUT2D eigenvalue weighted by atomic mass is 16.7.